The van der Waals surface area contributed by atoms with Gasteiger partial charge < -0.3 is 4.74 Å². The number of fused-ring (bicyclic) bond motifs is 1. The van der Waals surface area contributed by atoms with Crippen LogP contribution in [-0.2, 0) is 0 Å². The van der Waals surface area contributed by atoms with Crippen molar-refractivity contribution in [2.45, 2.75) is 19.3 Å². The summed E-state index contributed by atoms with van der Waals surface area (Å²) in [6, 6.07) is 9.86. The SMILES string of the molecule is COc1ccc(C2=C(C#N)C(=N)N=C3CCCC32)cc1. The predicted octanol–water partition coefficient (Wildman–Crippen LogP) is 3.20. The van der Waals surface area contributed by atoms with Gasteiger partial charge in [-0.2, -0.15) is 5.26 Å². The van der Waals surface area contributed by atoms with E-state index in [1.807, 2.05) is 24.3 Å². The Bertz CT molecular complexity index is 662. The molecule has 4 heteroatoms. The Morgan fingerprint density at radius 3 is 2.75 bits per heavy atom. The summed E-state index contributed by atoms with van der Waals surface area (Å²) < 4.78 is 5.17. The van der Waals surface area contributed by atoms with Crippen LogP contribution >= 0.6 is 0 Å². The van der Waals surface area contributed by atoms with Crippen LogP contribution in [0.2, 0.25) is 0 Å². The highest BCUT2D eigenvalue weighted by atomic mass is 16.5. The van der Waals surface area contributed by atoms with Gasteiger partial charge in [0.2, 0.25) is 0 Å². The van der Waals surface area contributed by atoms with E-state index >= 15 is 0 Å². The minimum atomic E-state index is 0.103. The maximum Gasteiger partial charge on any atom is 0.162 e. The second-order valence-corrected chi connectivity index (χ2v) is 5.03. The smallest absolute Gasteiger partial charge is 0.162 e. The van der Waals surface area contributed by atoms with Crippen LogP contribution in [0.3, 0.4) is 0 Å². The van der Waals surface area contributed by atoms with Crippen molar-refractivity contribution in [3.63, 3.8) is 0 Å². The number of ether oxygens (including phenoxy) is 1. The van der Waals surface area contributed by atoms with Gasteiger partial charge >= 0.3 is 0 Å². The van der Waals surface area contributed by atoms with E-state index in [2.05, 4.69) is 11.1 Å². The molecule has 0 saturated heterocycles. The van der Waals surface area contributed by atoms with Gasteiger partial charge in [-0.05, 0) is 42.5 Å². The molecule has 1 fully saturated rings. The van der Waals surface area contributed by atoms with Crippen molar-refractivity contribution in [1.29, 1.82) is 10.7 Å². The van der Waals surface area contributed by atoms with Crippen molar-refractivity contribution in [2.75, 3.05) is 7.11 Å². The van der Waals surface area contributed by atoms with Gasteiger partial charge in [-0.25, -0.2) is 4.99 Å². The molecule has 1 atom stereocenters. The van der Waals surface area contributed by atoms with E-state index in [9.17, 15) is 5.26 Å². The van der Waals surface area contributed by atoms with Gasteiger partial charge in [0.25, 0.3) is 0 Å². The number of amidine groups is 1. The number of nitrogens with zero attached hydrogens (tertiary/aromatic N) is 2. The molecule has 1 aliphatic carbocycles. The Balaban J connectivity index is 2.11. The molecule has 20 heavy (non-hydrogen) atoms. The second kappa shape index (κ2) is 4.93. The molecule has 2 aliphatic rings. The highest BCUT2D eigenvalue weighted by molar-refractivity contribution is 6.19. The zero-order valence-electron chi connectivity index (χ0n) is 11.3. The lowest BCUT2D eigenvalue weighted by Gasteiger charge is -2.22. The number of dihydropyridines is 1. The molecule has 1 aromatic rings. The fraction of sp³-hybridized carbons (Fsp3) is 0.312. The average Bonchev–Trinajstić information content (AvgIpc) is 2.93. The summed E-state index contributed by atoms with van der Waals surface area (Å²) in [5.41, 5.74) is 3.42. The van der Waals surface area contributed by atoms with E-state index < -0.39 is 0 Å². The van der Waals surface area contributed by atoms with Crippen molar-refractivity contribution in [2.24, 2.45) is 10.9 Å². The van der Waals surface area contributed by atoms with Gasteiger partial charge in [-0.1, -0.05) is 12.1 Å². The summed E-state index contributed by atoms with van der Waals surface area (Å²) in [5, 5.41) is 17.3. The van der Waals surface area contributed by atoms with Gasteiger partial charge in [0.05, 0.1) is 7.11 Å². The van der Waals surface area contributed by atoms with Gasteiger partial charge in [-0.15, -0.1) is 0 Å². The lowest BCUT2D eigenvalue weighted by atomic mass is 9.84. The quantitative estimate of drug-likeness (QED) is 0.892. The number of aliphatic imine (C=N–C) groups is 1. The molecule has 0 bridgehead atoms. The fourth-order valence-corrected chi connectivity index (χ4v) is 3.00. The summed E-state index contributed by atoms with van der Waals surface area (Å²) in [5.74, 6) is 1.10. The first-order valence-electron chi connectivity index (χ1n) is 6.69. The van der Waals surface area contributed by atoms with Crippen LogP contribution in [0.5, 0.6) is 5.75 Å². The van der Waals surface area contributed by atoms with E-state index in [0.717, 1.165) is 41.9 Å². The first-order valence-corrected chi connectivity index (χ1v) is 6.69. The van der Waals surface area contributed by atoms with E-state index in [0.29, 0.717) is 5.57 Å². The Morgan fingerprint density at radius 2 is 2.10 bits per heavy atom. The second-order valence-electron chi connectivity index (χ2n) is 5.03. The maximum absolute atomic E-state index is 9.37. The van der Waals surface area contributed by atoms with Crippen molar-refractivity contribution >= 4 is 17.1 Å². The number of hydrogen-bond acceptors (Lipinski definition) is 3. The molecule has 4 nitrogen and oxygen atoms in total. The van der Waals surface area contributed by atoms with Crippen molar-refractivity contribution in [3.05, 3.63) is 35.4 Å². The van der Waals surface area contributed by atoms with Crippen LogP contribution in [0.25, 0.3) is 5.57 Å². The summed E-state index contributed by atoms with van der Waals surface area (Å²) >= 11 is 0. The molecule has 0 aromatic heterocycles. The molecule has 0 radical (unpaired) electrons. The van der Waals surface area contributed by atoms with E-state index in [-0.39, 0.29) is 11.8 Å². The Labute approximate surface area is 117 Å². The first kappa shape index (κ1) is 12.6. The molecule has 0 amide bonds. The number of methoxy groups -OCH3 is 1. The van der Waals surface area contributed by atoms with Gasteiger partial charge in [-0.3, -0.25) is 5.41 Å². The molecule has 3 rings (SSSR count). The standard InChI is InChI=1S/C16H15N3O/c1-20-11-7-5-10(6-8-11)15-12-3-2-4-14(12)19-16(18)13(15)9-17/h5-8,12,18H,2-4H2,1H3. The number of benzene rings is 1. The zero-order chi connectivity index (χ0) is 14.1. The lowest BCUT2D eigenvalue weighted by molar-refractivity contribution is 0.415. The normalized spacial score (nSPS) is 21.3. The third kappa shape index (κ3) is 1.92. The Kier molecular flexibility index (Phi) is 3.11. The number of rotatable bonds is 2. The van der Waals surface area contributed by atoms with Crippen LogP contribution < -0.4 is 4.74 Å². The van der Waals surface area contributed by atoms with Crippen molar-refractivity contribution < 1.29 is 4.74 Å². The molecule has 100 valence electrons. The highest BCUT2D eigenvalue weighted by Crippen LogP contribution is 2.40. The van der Waals surface area contributed by atoms with E-state index in [4.69, 9.17) is 10.1 Å². The molecule has 0 spiro atoms. The third-order valence-electron chi connectivity index (χ3n) is 3.95. The Hall–Kier alpha value is -2.41. The number of nitriles is 1. The van der Waals surface area contributed by atoms with Crippen LogP contribution in [0, 0.1) is 22.7 Å². The average molecular weight is 265 g/mol. The number of allylic oxidation sites excluding steroid dienone is 1. The van der Waals surface area contributed by atoms with Gasteiger partial charge in [0.1, 0.15) is 17.4 Å². The maximum atomic E-state index is 9.37. The zero-order valence-corrected chi connectivity index (χ0v) is 11.3. The van der Waals surface area contributed by atoms with Gasteiger partial charge in [0, 0.05) is 11.6 Å². The minimum Gasteiger partial charge on any atom is -0.497 e. The molecule has 1 saturated carbocycles. The number of hydrogen-bond donors (Lipinski definition) is 1. The summed E-state index contributed by atoms with van der Waals surface area (Å²) in [4.78, 5) is 4.30. The number of nitrogens with one attached hydrogen (secondary N) is 1. The molecule has 1 unspecified atom stereocenters. The lowest BCUT2D eigenvalue weighted by Crippen LogP contribution is -2.20. The minimum absolute atomic E-state index is 0.103. The molecule has 1 N–H and O–H groups in total. The summed E-state index contributed by atoms with van der Waals surface area (Å²) in [7, 11) is 1.63. The van der Waals surface area contributed by atoms with Crippen molar-refractivity contribution in [1.82, 2.24) is 0 Å². The van der Waals surface area contributed by atoms with Crippen LogP contribution in [0.15, 0.2) is 34.8 Å². The van der Waals surface area contributed by atoms with E-state index in [1.54, 1.807) is 7.11 Å². The summed E-state index contributed by atoms with van der Waals surface area (Å²) in [6.07, 6.45) is 3.03. The molecular weight excluding hydrogens is 250 g/mol. The van der Waals surface area contributed by atoms with E-state index in [1.165, 1.54) is 0 Å². The predicted molar refractivity (Wildman–Crippen MR) is 78.0 cm³/mol. The topological polar surface area (TPSA) is 69.2 Å². The molecule has 1 heterocycles. The first-order chi connectivity index (χ1) is 9.74. The monoisotopic (exact) mass is 265 g/mol. The third-order valence-corrected chi connectivity index (χ3v) is 3.95. The molecule has 1 aromatic carbocycles. The van der Waals surface area contributed by atoms with Crippen LogP contribution in [-0.4, -0.2) is 18.7 Å². The molecular formula is C16H15N3O. The Morgan fingerprint density at radius 1 is 1.35 bits per heavy atom. The van der Waals surface area contributed by atoms with Crippen LogP contribution in [0.4, 0.5) is 0 Å². The van der Waals surface area contributed by atoms with Crippen molar-refractivity contribution in [3.8, 4) is 11.8 Å². The fourth-order valence-electron chi connectivity index (χ4n) is 3.00. The van der Waals surface area contributed by atoms with Gasteiger partial charge in [0.15, 0.2) is 5.84 Å². The summed E-state index contributed by atoms with van der Waals surface area (Å²) in [6.45, 7) is 0. The van der Waals surface area contributed by atoms with Crippen LogP contribution in [0.1, 0.15) is 24.8 Å². The molecule has 1 aliphatic heterocycles. The highest BCUT2D eigenvalue weighted by Gasteiger charge is 2.34. The largest absolute Gasteiger partial charge is 0.497 e.